The SMILES string of the molecule is CCNC(=NCc1cn(C)nc1C(F)(F)F)N1CCC2(CCOC2)C1.I. The molecule has 1 spiro atoms. The third-order valence-electron chi connectivity index (χ3n) is 4.83. The molecule has 148 valence electrons. The zero-order chi connectivity index (χ0) is 18.1. The average Bonchev–Trinajstić information content (AvgIpc) is 3.25. The lowest BCUT2D eigenvalue weighted by molar-refractivity contribution is -0.142. The number of nitrogens with zero attached hydrogens (tertiary/aromatic N) is 4. The summed E-state index contributed by atoms with van der Waals surface area (Å²) in [6.45, 7) is 5.77. The first-order valence-electron chi connectivity index (χ1n) is 8.54. The number of nitrogens with one attached hydrogen (secondary N) is 1. The molecule has 3 rings (SSSR count). The van der Waals surface area contributed by atoms with E-state index in [1.165, 1.54) is 17.9 Å². The molecule has 2 aliphatic heterocycles. The normalized spacial score (nSPS) is 23.6. The Morgan fingerprint density at radius 1 is 1.42 bits per heavy atom. The molecule has 1 aromatic heterocycles. The van der Waals surface area contributed by atoms with Crippen molar-refractivity contribution in [1.82, 2.24) is 20.0 Å². The van der Waals surface area contributed by atoms with Gasteiger partial charge in [-0.05, 0) is 19.8 Å². The van der Waals surface area contributed by atoms with Crippen LogP contribution in [0.2, 0.25) is 0 Å². The van der Waals surface area contributed by atoms with Gasteiger partial charge in [-0.15, -0.1) is 24.0 Å². The lowest BCUT2D eigenvalue weighted by atomic mass is 9.87. The van der Waals surface area contributed by atoms with E-state index in [0.29, 0.717) is 12.5 Å². The van der Waals surface area contributed by atoms with E-state index < -0.39 is 11.9 Å². The maximum Gasteiger partial charge on any atom is 0.435 e. The minimum Gasteiger partial charge on any atom is -0.381 e. The second-order valence-electron chi connectivity index (χ2n) is 6.82. The summed E-state index contributed by atoms with van der Waals surface area (Å²) in [5, 5.41) is 6.73. The van der Waals surface area contributed by atoms with Crippen molar-refractivity contribution in [2.24, 2.45) is 17.5 Å². The lowest BCUT2D eigenvalue weighted by Crippen LogP contribution is -2.41. The van der Waals surface area contributed by atoms with Crippen LogP contribution in [0.1, 0.15) is 31.0 Å². The summed E-state index contributed by atoms with van der Waals surface area (Å²) in [5.41, 5.74) is -0.609. The number of halogens is 4. The van der Waals surface area contributed by atoms with Gasteiger partial charge >= 0.3 is 6.18 Å². The highest BCUT2D eigenvalue weighted by Gasteiger charge is 2.42. The molecule has 10 heteroatoms. The van der Waals surface area contributed by atoms with Crippen LogP contribution in [0.25, 0.3) is 0 Å². The van der Waals surface area contributed by atoms with Crippen molar-refractivity contribution in [1.29, 1.82) is 0 Å². The minimum absolute atomic E-state index is 0. The van der Waals surface area contributed by atoms with Gasteiger partial charge < -0.3 is 15.0 Å². The number of guanidine groups is 1. The van der Waals surface area contributed by atoms with E-state index in [9.17, 15) is 13.2 Å². The fraction of sp³-hybridized carbons (Fsp3) is 0.750. The van der Waals surface area contributed by atoms with Crippen molar-refractivity contribution >= 4 is 29.9 Å². The Morgan fingerprint density at radius 2 is 2.19 bits per heavy atom. The van der Waals surface area contributed by atoms with Gasteiger partial charge in [0.2, 0.25) is 0 Å². The van der Waals surface area contributed by atoms with E-state index in [2.05, 4.69) is 20.3 Å². The molecule has 0 aromatic carbocycles. The Balaban J connectivity index is 0.00000243. The van der Waals surface area contributed by atoms with Gasteiger partial charge in [-0.2, -0.15) is 18.3 Å². The topological polar surface area (TPSA) is 54.7 Å². The number of aryl methyl sites for hydroxylation is 1. The number of hydrogen-bond acceptors (Lipinski definition) is 3. The van der Waals surface area contributed by atoms with E-state index in [4.69, 9.17) is 4.74 Å². The molecule has 1 N–H and O–H groups in total. The zero-order valence-corrected chi connectivity index (χ0v) is 17.3. The molecule has 2 aliphatic rings. The van der Waals surface area contributed by atoms with Crippen LogP contribution in [-0.4, -0.2) is 53.5 Å². The Kier molecular flexibility index (Phi) is 6.81. The largest absolute Gasteiger partial charge is 0.435 e. The Hall–Kier alpha value is -1.04. The van der Waals surface area contributed by atoms with Crippen LogP contribution < -0.4 is 5.32 Å². The molecule has 0 saturated carbocycles. The van der Waals surface area contributed by atoms with Crippen LogP contribution in [-0.2, 0) is 24.5 Å². The summed E-state index contributed by atoms with van der Waals surface area (Å²) in [4.78, 5) is 6.57. The van der Waals surface area contributed by atoms with Gasteiger partial charge in [-0.25, -0.2) is 4.99 Å². The first-order chi connectivity index (χ1) is 11.8. The number of likely N-dealkylation sites (tertiary alicyclic amines) is 1. The molecule has 2 saturated heterocycles. The molecule has 0 bridgehead atoms. The number of rotatable bonds is 3. The van der Waals surface area contributed by atoms with E-state index >= 15 is 0 Å². The van der Waals surface area contributed by atoms with Crippen LogP contribution in [0.5, 0.6) is 0 Å². The van der Waals surface area contributed by atoms with Gasteiger partial charge in [0.1, 0.15) is 0 Å². The summed E-state index contributed by atoms with van der Waals surface area (Å²) in [5.74, 6) is 0.656. The molecular formula is C16H25F3IN5O. The minimum atomic E-state index is -4.47. The van der Waals surface area contributed by atoms with Crippen LogP contribution >= 0.6 is 24.0 Å². The molecule has 0 aliphatic carbocycles. The van der Waals surface area contributed by atoms with Gasteiger partial charge in [0.05, 0.1) is 13.2 Å². The first-order valence-corrected chi connectivity index (χ1v) is 8.54. The van der Waals surface area contributed by atoms with E-state index in [0.717, 1.165) is 39.1 Å². The molecule has 2 fully saturated rings. The molecule has 26 heavy (non-hydrogen) atoms. The van der Waals surface area contributed by atoms with Gasteiger partial charge in [-0.1, -0.05) is 0 Å². The maximum atomic E-state index is 13.1. The monoisotopic (exact) mass is 487 g/mol. The smallest absolute Gasteiger partial charge is 0.381 e. The number of aromatic nitrogens is 2. The Bertz CT molecular complexity index is 640. The van der Waals surface area contributed by atoms with E-state index in [1.807, 2.05) is 6.92 Å². The standard InChI is InChI=1S/C16H24F3N5O.HI/c1-3-20-14(24-6-4-15(10-24)5-7-25-11-15)21-8-12-9-23(2)22-13(12)16(17,18)19;/h9H,3-8,10-11H2,1-2H3,(H,20,21);1H. The van der Waals surface area contributed by atoms with E-state index in [-0.39, 0.29) is 41.5 Å². The molecule has 1 aromatic rings. The summed E-state index contributed by atoms with van der Waals surface area (Å²) in [7, 11) is 1.48. The first kappa shape index (κ1) is 21.3. The molecule has 0 amide bonds. The van der Waals surface area contributed by atoms with E-state index in [1.54, 1.807) is 0 Å². The van der Waals surface area contributed by atoms with Crippen LogP contribution in [0.15, 0.2) is 11.2 Å². The van der Waals surface area contributed by atoms with Gasteiger partial charge in [0.15, 0.2) is 11.7 Å². The number of alkyl halides is 3. The van der Waals surface area contributed by atoms with Crippen LogP contribution in [0.3, 0.4) is 0 Å². The third kappa shape index (κ3) is 4.62. The lowest BCUT2D eigenvalue weighted by Gasteiger charge is -2.25. The van der Waals surface area contributed by atoms with Gasteiger partial charge in [0, 0.05) is 50.5 Å². The molecule has 1 atom stereocenters. The van der Waals surface area contributed by atoms with Crippen molar-refractivity contribution in [3.8, 4) is 0 Å². The molecule has 6 nitrogen and oxygen atoms in total. The van der Waals surface area contributed by atoms with Crippen LogP contribution in [0, 0.1) is 5.41 Å². The second-order valence-corrected chi connectivity index (χ2v) is 6.82. The molecular weight excluding hydrogens is 462 g/mol. The number of aliphatic imine (C=N–C) groups is 1. The number of hydrogen-bond donors (Lipinski definition) is 1. The fourth-order valence-electron chi connectivity index (χ4n) is 3.57. The van der Waals surface area contributed by atoms with Gasteiger partial charge in [0.25, 0.3) is 0 Å². The zero-order valence-electron chi connectivity index (χ0n) is 15.0. The predicted molar refractivity (Wildman–Crippen MR) is 102 cm³/mol. The summed E-state index contributed by atoms with van der Waals surface area (Å²) >= 11 is 0. The second kappa shape index (κ2) is 8.32. The van der Waals surface area contributed by atoms with Crippen molar-refractivity contribution < 1.29 is 17.9 Å². The van der Waals surface area contributed by atoms with Crippen molar-refractivity contribution in [3.05, 3.63) is 17.5 Å². The fourth-order valence-corrected chi connectivity index (χ4v) is 3.57. The molecule has 3 heterocycles. The quantitative estimate of drug-likeness (QED) is 0.405. The Morgan fingerprint density at radius 3 is 2.81 bits per heavy atom. The third-order valence-corrected chi connectivity index (χ3v) is 4.83. The van der Waals surface area contributed by atoms with Crippen molar-refractivity contribution in [2.45, 2.75) is 32.5 Å². The van der Waals surface area contributed by atoms with Crippen molar-refractivity contribution in [3.63, 3.8) is 0 Å². The predicted octanol–water partition coefficient (Wildman–Crippen LogP) is 2.63. The molecule has 0 radical (unpaired) electrons. The number of ether oxygens (including phenoxy) is 1. The summed E-state index contributed by atoms with van der Waals surface area (Å²) in [6.07, 6.45) is -1.03. The molecule has 1 unspecified atom stereocenters. The maximum absolute atomic E-state index is 13.1. The summed E-state index contributed by atoms with van der Waals surface area (Å²) < 4.78 is 45.9. The van der Waals surface area contributed by atoms with Crippen LogP contribution in [0.4, 0.5) is 13.2 Å². The van der Waals surface area contributed by atoms with Gasteiger partial charge in [-0.3, -0.25) is 4.68 Å². The average molecular weight is 487 g/mol. The highest BCUT2D eigenvalue weighted by Crippen LogP contribution is 2.38. The summed E-state index contributed by atoms with van der Waals surface area (Å²) in [6, 6.07) is 0. The highest BCUT2D eigenvalue weighted by molar-refractivity contribution is 14.0. The highest BCUT2D eigenvalue weighted by atomic mass is 127. The Labute approximate surface area is 168 Å². The van der Waals surface area contributed by atoms with Crippen molar-refractivity contribution in [2.75, 3.05) is 32.8 Å².